The molecular formula is C13H14F2O4. The van der Waals surface area contributed by atoms with E-state index >= 15 is 0 Å². The zero-order chi connectivity index (χ0) is 14.6. The molecule has 1 rings (SSSR count). The van der Waals surface area contributed by atoms with Crippen LogP contribution in [0.5, 0.6) is 0 Å². The van der Waals surface area contributed by atoms with E-state index in [0.717, 1.165) is 13.0 Å². The number of ether oxygens (including phenoxy) is 1. The molecule has 0 fully saturated rings. The molecule has 1 atom stereocenters. The predicted molar refractivity (Wildman–Crippen MR) is 62.4 cm³/mol. The van der Waals surface area contributed by atoms with Gasteiger partial charge in [-0.15, -0.1) is 0 Å². The van der Waals surface area contributed by atoms with E-state index in [0.29, 0.717) is 0 Å². The van der Waals surface area contributed by atoms with Crippen LogP contribution >= 0.6 is 0 Å². The Hall–Kier alpha value is -1.98. The summed E-state index contributed by atoms with van der Waals surface area (Å²) in [5.41, 5.74) is -2.14. The molecule has 0 aliphatic heterocycles. The lowest BCUT2D eigenvalue weighted by Crippen LogP contribution is -2.40. The second kappa shape index (κ2) is 5.77. The summed E-state index contributed by atoms with van der Waals surface area (Å²) in [5.74, 6) is -4.67. The molecule has 104 valence electrons. The number of benzene rings is 1. The first-order valence-electron chi connectivity index (χ1n) is 5.66. The Morgan fingerprint density at radius 2 is 2.00 bits per heavy atom. The van der Waals surface area contributed by atoms with Crippen molar-refractivity contribution in [2.45, 2.75) is 20.3 Å². The van der Waals surface area contributed by atoms with Crippen LogP contribution in [0.3, 0.4) is 0 Å². The van der Waals surface area contributed by atoms with Gasteiger partial charge in [-0.25, -0.2) is 8.78 Å². The van der Waals surface area contributed by atoms with Crippen LogP contribution in [0, 0.1) is 17.0 Å². The van der Waals surface area contributed by atoms with Crippen molar-refractivity contribution in [2.75, 3.05) is 6.61 Å². The Morgan fingerprint density at radius 3 is 2.53 bits per heavy atom. The summed E-state index contributed by atoms with van der Waals surface area (Å²) in [4.78, 5) is 22.9. The Morgan fingerprint density at radius 1 is 1.37 bits per heavy atom. The minimum Gasteiger partial charge on any atom is -0.480 e. The number of esters is 1. The number of hydrogen-bond acceptors (Lipinski definition) is 3. The fourth-order valence-corrected chi connectivity index (χ4v) is 1.59. The molecule has 0 saturated heterocycles. The van der Waals surface area contributed by atoms with Crippen molar-refractivity contribution in [2.24, 2.45) is 5.41 Å². The normalized spacial score (nSPS) is 13.7. The van der Waals surface area contributed by atoms with Gasteiger partial charge in [0, 0.05) is 6.42 Å². The van der Waals surface area contributed by atoms with Crippen molar-refractivity contribution < 1.29 is 28.2 Å². The van der Waals surface area contributed by atoms with E-state index < -0.39 is 35.4 Å². The van der Waals surface area contributed by atoms with Crippen molar-refractivity contribution in [3.05, 3.63) is 35.4 Å². The first-order chi connectivity index (χ1) is 8.82. The lowest BCUT2D eigenvalue weighted by Gasteiger charge is -2.22. The molecule has 0 spiro atoms. The molecule has 0 saturated carbocycles. The van der Waals surface area contributed by atoms with E-state index in [1.807, 2.05) is 0 Å². The molecule has 1 aromatic carbocycles. The monoisotopic (exact) mass is 272 g/mol. The van der Waals surface area contributed by atoms with Crippen LogP contribution in [0.15, 0.2) is 18.2 Å². The van der Waals surface area contributed by atoms with Gasteiger partial charge in [0.05, 0.1) is 6.61 Å². The predicted octanol–water partition coefficient (Wildman–Crippen LogP) is 2.16. The Labute approximate surface area is 109 Å². The summed E-state index contributed by atoms with van der Waals surface area (Å²) in [5, 5.41) is 9.13. The Bertz CT molecular complexity index is 501. The van der Waals surface area contributed by atoms with Crippen LogP contribution in [0.2, 0.25) is 0 Å². The zero-order valence-corrected chi connectivity index (χ0v) is 10.6. The quantitative estimate of drug-likeness (QED) is 0.659. The van der Waals surface area contributed by atoms with Gasteiger partial charge in [-0.2, -0.15) is 0 Å². The Kier molecular flexibility index (Phi) is 4.58. The fraction of sp³-hybridized carbons (Fsp3) is 0.385. The fourth-order valence-electron chi connectivity index (χ4n) is 1.59. The molecule has 0 aromatic heterocycles. The molecule has 19 heavy (non-hydrogen) atoms. The first kappa shape index (κ1) is 15.1. The second-order valence-corrected chi connectivity index (χ2v) is 4.25. The van der Waals surface area contributed by atoms with Crippen LogP contribution in [0.4, 0.5) is 8.78 Å². The maximum atomic E-state index is 13.5. The second-order valence-electron chi connectivity index (χ2n) is 4.25. The maximum absolute atomic E-state index is 13.5. The van der Waals surface area contributed by atoms with Crippen LogP contribution in [0.25, 0.3) is 0 Å². The standard InChI is InChI=1S/C13H14F2O4/c1-3-19-12(18)13(2,11(16)17)7-8-5-4-6-9(14)10(8)15/h4-6H,3,7H2,1-2H3,(H,16,17). The third-order valence-electron chi connectivity index (χ3n) is 2.77. The molecule has 4 nitrogen and oxygen atoms in total. The number of carbonyl (C=O) groups is 2. The van der Waals surface area contributed by atoms with Crippen molar-refractivity contribution in [1.29, 1.82) is 0 Å². The highest BCUT2D eigenvalue weighted by atomic mass is 19.2. The van der Waals surface area contributed by atoms with E-state index in [9.17, 15) is 18.4 Å². The lowest BCUT2D eigenvalue weighted by molar-refractivity contribution is -0.167. The lowest BCUT2D eigenvalue weighted by atomic mass is 9.83. The minimum absolute atomic E-state index is 0.00728. The summed E-state index contributed by atoms with van der Waals surface area (Å²) >= 11 is 0. The average molecular weight is 272 g/mol. The van der Waals surface area contributed by atoms with Gasteiger partial charge in [0.1, 0.15) is 0 Å². The van der Waals surface area contributed by atoms with Crippen molar-refractivity contribution >= 4 is 11.9 Å². The van der Waals surface area contributed by atoms with Crippen molar-refractivity contribution in [1.82, 2.24) is 0 Å². The molecule has 6 heteroatoms. The summed E-state index contributed by atoms with van der Waals surface area (Å²) in [6.07, 6.45) is -0.481. The highest BCUT2D eigenvalue weighted by Crippen LogP contribution is 2.27. The van der Waals surface area contributed by atoms with E-state index in [1.165, 1.54) is 19.1 Å². The molecule has 0 bridgehead atoms. The summed E-state index contributed by atoms with van der Waals surface area (Å²) in [6.45, 7) is 2.66. The van der Waals surface area contributed by atoms with E-state index in [1.54, 1.807) is 0 Å². The molecule has 0 heterocycles. The molecule has 0 amide bonds. The smallest absolute Gasteiger partial charge is 0.323 e. The topological polar surface area (TPSA) is 63.6 Å². The van der Waals surface area contributed by atoms with Gasteiger partial charge in [0.2, 0.25) is 0 Å². The van der Waals surface area contributed by atoms with Gasteiger partial charge < -0.3 is 9.84 Å². The molecule has 1 N–H and O–H groups in total. The number of carboxylic acid groups (broad SMARTS) is 1. The largest absolute Gasteiger partial charge is 0.480 e. The van der Waals surface area contributed by atoms with Crippen molar-refractivity contribution in [3.63, 3.8) is 0 Å². The van der Waals surface area contributed by atoms with E-state index in [2.05, 4.69) is 4.74 Å². The molecular weight excluding hydrogens is 258 g/mol. The van der Waals surface area contributed by atoms with Crippen LogP contribution in [-0.4, -0.2) is 23.7 Å². The van der Waals surface area contributed by atoms with Gasteiger partial charge in [0.15, 0.2) is 17.0 Å². The van der Waals surface area contributed by atoms with Gasteiger partial charge in [-0.1, -0.05) is 12.1 Å². The summed E-state index contributed by atoms with van der Waals surface area (Å²) in [6, 6.07) is 3.40. The number of rotatable bonds is 5. The number of carbonyl (C=O) groups excluding carboxylic acids is 1. The van der Waals surface area contributed by atoms with Crippen LogP contribution in [0.1, 0.15) is 19.4 Å². The summed E-state index contributed by atoms with van der Waals surface area (Å²) in [7, 11) is 0. The molecule has 0 aliphatic rings. The molecule has 1 unspecified atom stereocenters. The maximum Gasteiger partial charge on any atom is 0.323 e. The zero-order valence-electron chi connectivity index (χ0n) is 10.6. The summed E-state index contributed by atoms with van der Waals surface area (Å²) < 4.78 is 31.3. The van der Waals surface area contributed by atoms with Gasteiger partial charge in [0.25, 0.3) is 0 Å². The highest BCUT2D eigenvalue weighted by molar-refractivity contribution is 5.99. The minimum atomic E-state index is -1.95. The number of carboxylic acids is 1. The van der Waals surface area contributed by atoms with Crippen LogP contribution in [-0.2, 0) is 20.7 Å². The number of aliphatic carboxylic acids is 1. The SMILES string of the molecule is CCOC(=O)C(C)(Cc1cccc(F)c1F)C(=O)O. The Balaban J connectivity index is 3.12. The molecule has 0 aliphatic carbocycles. The van der Waals surface area contributed by atoms with Gasteiger partial charge in [-0.05, 0) is 25.5 Å². The average Bonchev–Trinajstić information content (AvgIpc) is 2.34. The van der Waals surface area contributed by atoms with Crippen LogP contribution < -0.4 is 0 Å². The van der Waals surface area contributed by atoms with Gasteiger partial charge in [-0.3, -0.25) is 9.59 Å². The third-order valence-corrected chi connectivity index (χ3v) is 2.77. The van der Waals surface area contributed by atoms with Crippen molar-refractivity contribution in [3.8, 4) is 0 Å². The highest BCUT2D eigenvalue weighted by Gasteiger charge is 2.43. The molecule has 0 radical (unpaired) electrons. The first-order valence-corrected chi connectivity index (χ1v) is 5.66. The number of hydrogen-bond donors (Lipinski definition) is 1. The van der Waals surface area contributed by atoms with E-state index in [-0.39, 0.29) is 12.2 Å². The van der Waals surface area contributed by atoms with Gasteiger partial charge >= 0.3 is 11.9 Å². The molecule has 1 aromatic rings. The number of halogens is 2. The van der Waals surface area contributed by atoms with E-state index in [4.69, 9.17) is 5.11 Å². The third kappa shape index (κ3) is 3.07.